The summed E-state index contributed by atoms with van der Waals surface area (Å²) >= 11 is 8.32. The van der Waals surface area contributed by atoms with Crippen molar-refractivity contribution in [3.63, 3.8) is 0 Å². The average Bonchev–Trinajstić information content (AvgIpc) is 2.62. The van der Waals surface area contributed by atoms with Gasteiger partial charge in [0.25, 0.3) is 0 Å². The molecule has 0 bridgehead atoms. The number of hydrogen-bond donors (Lipinski definition) is 2. The molecule has 2 heterocycles. The summed E-state index contributed by atoms with van der Waals surface area (Å²) in [6.45, 7) is 0.692. The second-order valence-corrected chi connectivity index (χ2v) is 7.87. The van der Waals surface area contributed by atoms with E-state index in [1.807, 2.05) is 36.0 Å². The molecule has 2 aliphatic heterocycles. The third kappa shape index (κ3) is 3.01. The van der Waals surface area contributed by atoms with E-state index in [0.717, 1.165) is 52.1 Å². The minimum absolute atomic E-state index is 0.0825. The molecule has 0 radical (unpaired) electrons. The Bertz CT molecular complexity index is 769. The standard InChI is InChI=1S/C19H20ClN3S/c20-15-6-2-1-5-14(15)13-21-18-19(9-11-24-12-10-19)23-17-8-4-3-7-16(17)22-18/h1-8,23H,9-13H2,(H,21,22). The van der Waals surface area contributed by atoms with Crippen LogP contribution in [-0.4, -0.2) is 22.9 Å². The van der Waals surface area contributed by atoms with E-state index in [0.29, 0.717) is 6.54 Å². The van der Waals surface area contributed by atoms with Crippen LogP contribution in [0.4, 0.5) is 11.4 Å². The SMILES string of the molecule is Clc1ccccc1CNC1=Nc2ccccc2NC12CCSCC2. The van der Waals surface area contributed by atoms with Crippen LogP contribution in [0, 0.1) is 0 Å². The van der Waals surface area contributed by atoms with Crippen molar-refractivity contribution in [3.8, 4) is 0 Å². The number of hydrogen-bond acceptors (Lipinski definition) is 4. The molecule has 1 saturated heterocycles. The normalized spacial score (nSPS) is 18.5. The van der Waals surface area contributed by atoms with Crippen molar-refractivity contribution in [2.24, 2.45) is 4.99 Å². The van der Waals surface area contributed by atoms with Gasteiger partial charge in [-0.05, 0) is 48.1 Å². The van der Waals surface area contributed by atoms with Gasteiger partial charge < -0.3 is 10.6 Å². The first-order valence-corrected chi connectivity index (χ1v) is 9.82. The highest BCUT2D eigenvalue weighted by Crippen LogP contribution is 2.39. The second-order valence-electron chi connectivity index (χ2n) is 6.24. The molecule has 0 amide bonds. The second kappa shape index (κ2) is 6.69. The number of para-hydroxylation sites is 2. The van der Waals surface area contributed by atoms with Gasteiger partial charge in [0.05, 0.1) is 16.9 Å². The van der Waals surface area contributed by atoms with Gasteiger partial charge >= 0.3 is 0 Å². The molecule has 2 N–H and O–H groups in total. The fourth-order valence-corrected chi connectivity index (χ4v) is 4.72. The molecule has 0 aliphatic carbocycles. The number of aliphatic imine (C=N–C) groups is 1. The Morgan fingerprint density at radius 3 is 2.67 bits per heavy atom. The Labute approximate surface area is 151 Å². The lowest BCUT2D eigenvalue weighted by molar-refractivity contribution is 0.543. The van der Waals surface area contributed by atoms with Crippen LogP contribution in [-0.2, 0) is 6.54 Å². The molecule has 124 valence electrons. The van der Waals surface area contributed by atoms with Crippen LogP contribution >= 0.6 is 23.4 Å². The smallest absolute Gasteiger partial charge is 0.128 e. The van der Waals surface area contributed by atoms with Crippen molar-refractivity contribution in [1.29, 1.82) is 0 Å². The lowest BCUT2D eigenvalue weighted by Gasteiger charge is -2.42. The van der Waals surface area contributed by atoms with Crippen molar-refractivity contribution in [2.75, 3.05) is 16.8 Å². The van der Waals surface area contributed by atoms with Crippen LogP contribution in [0.25, 0.3) is 0 Å². The summed E-state index contributed by atoms with van der Waals surface area (Å²) in [7, 11) is 0. The van der Waals surface area contributed by atoms with Crippen LogP contribution in [0.15, 0.2) is 53.5 Å². The minimum Gasteiger partial charge on any atom is -0.371 e. The van der Waals surface area contributed by atoms with Crippen LogP contribution in [0.1, 0.15) is 18.4 Å². The van der Waals surface area contributed by atoms with E-state index in [4.69, 9.17) is 16.6 Å². The topological polar surface area (TPSA) is 36.4 Å². The van der Waals surface area contributed by atoms with Crippen molar-refractivity contribution in [2.45, 2.75) is 24.9 Å². The van der Waals surface area contributed by atoms with Crippen LogP contribution in [0.5, 0.6) is 0 Å². The number of benzene rings is 2. The van der Waals surface area contributed by atoms with Crippen molar-refractivity contribution in [3.05, 3.63) is 59.1 Å². The molecule has 0 atom stereocenters. The zero-order chi connectivity index (χ0) is 16.4. The van der Waals surface area contributed by atoms with Crippen LogP contribution < -0.4 is 10.6 Å². The number of anilines is 1. The lowest BCUT2D eigenvalue weighted by Crippen LogP contribution is -2.55. The molecular weight excluding hydrogens is 338 g/mol. The fourth-order valence-electron chi connectivity index (χ4n) is 3.33. The van der Waals surface area contributed by atoms with E-state index >= 15 is 0 Å². The molecule has 0 aromatic heterocycles. The summed E-state index contributed by atoms with van der Waals surface area (Å²) in [6.07, 6.45) is 2.17. The lowest BCUT2D eigenvalue weighted by atomic mass is 9.88. The molecule has 3 nitrogen and oxygen atoms in total. The van der Waals surface area contributed by atoms with Crippen LogP contribution in [0.2, 0.25) is 5.02 Å². The van der Waals surface area contributed by atoms with E-state index in [9.17, 15) is 0 Å². The van der Waals surface area contributed by atoms with E-state index in [2.05, 4.69) is 34.9 Å². The monoisotopic (exact) mass is 357 g/mol. The van der Waals surface area contributed by atoms with Crippen molar-refractivity contribution >= 4 is 40.6 Å². The first-order valence-electron chi connectivity index (χ1n) is 8.28. The molecule has 0 unspecified atom stereocenters. The molecule has 1 fully saturated rings. The van der Waals surface area contributed by atoms with Gasteiger partial charge in [0.15, 0.2) is 0 Å². The van der Waals surface area contributed by atoms with Gasteiger partial charge in [0.2, 0.25) is 0 Å². The van der Waals surface area contributed by atoms with Gasteiger partial charge in [0, 0.05) is 11.6 Å². The van der Waals surface area contributed by atoms with Gasteiger partial charge in [0.1, 0.15) is 5.84 Å². The minimum atomic E-state index is -0.0825. The molecule has 2 aliphatic rings. The van der Waals surface area contributed by atoms with Gasteiger partial charge in [-0.15, -0.1) is 0 Å². The molecule has 1 spiro atoms. The highest BCUT2D eigenvalue weighted by atomic mass is 35.5. The van der Waals surface area contributed by atoms with E-state index < -0.39 is 0 Å². The number of halogens is 1. The Balaban J connectivity index is 1.64. The predicted octanol–water partition coefficient (Wildman–Crippen LogP) is 4.85. The first-order chi connectivity index (χ1) is 11.8. The first kappa shape index (κ1) is 15.9. The number of amidine groups is 1. The molecule has 0 saturated carbocycles. The summed E-state index contributed by atoms with van der Waals surface area (Å²) in [6, 6.07) is 16.2. The summed E-state index contributed by atoms with van der Waals surface area (Å²) in [4.78, 5) is 4.96. The van der Waals surface area contributed by atoms with E-state index in [1.165, 1.54) is 0 Å². The number of fused-ring (bicyclic) bond motifs is 1. The Kier molecular flexibility index (Phi) is 4.42. The zero-order valence-electron chi connectivity index (χ0n) is 13.4. The molecule has 2 aromatic carbocycles. The third-order valence-electron chi connectivity index (χ3n) is 4.71. The zero-order valence-corrected chi connectivity index (χ0v) is 15.0. The highest BCUT2D eigenvalue weighted by Gasteiger charge is 2.40. The number of nitrogens with zero attached hydrogens (tertiary/aromatic N) is 1. The van der Waals surface area contributed by atoms with Gasteiger partial charge in [-0.3, -0.25) is 0 Å². The summed E-state index contributed by atoms with van der Waals surface area (Å²) in [5, 5.41) is 8.14. The quantitative estimate of drug-likeness (QED) is 0.806. The Morgan fingerprint density at radius 1 is 1.08 bits per heavy atom. The summed E-state index contributed by atoms with van der Waals surface area (Å²) < 4.78 is 0. The maximum Gasteiger partial charge on any atom is 0.128 e. The molecule has 4 rings (SSSR count). The fraction of sp³-hybridized carbons (Fsp3) is 0.316. The van der Waals surface area contributed by atoms with Gasteiger partial charge in [-0.25, -0.2) is 4.99 Å². The Hall–Kier alpha value is -1.65. The third-order valence-corrected chi connectivity index (χ3v) is 6.07. The van der Waals surface area contributed by atoms with Gasteiger partial charge in [-0.2, -0.15) is 11.8 Å². The van der Waals surface area contributed by atoms with Crippen molar-refractivity contribution < 1.29 is 0 Å². The predicted molar refractivity (Wildman–Crippen MR) is 105 cm³/mol. The largest absolute Gasteiger partial charge is 0.371 e. The molecule has 5 heteroatoms. The summed E-state index contributed by atoms with van der Waals surface area (Å²) in [5.41, 5.74) is 3.15. The molecular formula is C19H20ClN3S. The van der Waals surface area contributed by atoms with E-state index in [1.54, 1.807) is 0 Å². The number of thioether (sulfide) groups is 1. The van der Waals surface area contributed by atoms with Gasteiger partial charge in [-0.1, -0.05) is 41.9 Å². The summed E-state index contributed by atoms with van der Waals surface area (Å²) in [5.74, 6) is 3.35. The Morgan fingerprint density at radius 2 is 1.83 bits per heavy atom. The average molecular weight is 358 g/mol. The van der Waals surface area contributed by atoms with E-state index in [-0.39, 0.29) is 5.54 Å². The highest BCUT2D eigenvalue weighted by molar-refractivity contribution is 7.99. The number of rotatable bonds is 2. The molecule has 24 heavy (non-hydrogen) atoms. The maximum atomic E-state index is 6.30. The van der Waals surface area contributed by atoms with Crippen LogP contribution in [0.3, 0.4) is 0 Å². The molecule has 2 aromatic rings. The van der Waals surface area contributed by atoms with Crippen molar-refractivity contribution in [1.82, 2.24) is 5.32 Å². The number of nitrogens with one attached hydrogen (secondary N) is 2. The maximum absolute atomic E-state index is 6.30.